The Bertz CT molecular complexity index is 532. The van der Waals surface area contributed by atoms with Crippen molar-refractivity contribution in [1.29, 1.82) is 0 Å². The second-order valence-corrected chi connectivity index (χ2v) is 5.12. The van der Waals surface area contributed by atoms with Crippen molar-refractivity contribution in [3.05, 3.63) is 23.8 Å². The number of amides is 2. The van der Waals surface area contributed by atoms with E-state index in [0.717, 1.165) is 0 Å². The average Bonchev–Trinajstić information content (AvgIpc) is 2.65. The number of aromatic hydroxyl groups is 1. The number of phenolic OH excluding ortho intramolecular Hbond substituents is 1. The van der Waals surface area contributed by atoms with Gasteiger partial charge >= 0.3 is 0 Å². The van der Waals surface area contributed by atoms with Crippen LogP contribution in [0.2, 0.25) is 0 Å². The summed E-state index contributed by atoms with van der Waals surface area (Å²) < 4.78 is 0. The van der Waals surface area contributed by atoms with Crippen LogP contribution in [0.4, 0.5) is 5.69 Å². The number of imide groups is 1. The van der Waals surface area contributed by atoms with Crippen LogP contribution in [0.25, 0.3) is 0 Å². The van der Waals surface area contributed by atoms with Crippen molar-refractivity contribution < 1.29 is 14.7 Å². The Morgan fingerprint density at radius 1 is 1.26 bits per heavy atom. The molecule has 4 nitrogen and oxygen atoms in total. The fourth-order valence-corrected chi connectivity index (χ4v) is 2.69. The Hall–Kier alpha value is -1.84. The van der Waals surface area contributed by atoms with Crippen LogP contribution in [0, 0.1) is 12.3 Å². The molecule has 0 atom stereocenters. The van der Waals surface area contributed by atoms with Crippen LogP contribution in [0.3, 0.4) is 0 Å². The molecule has 1 heterocycles. The van der Waals surface area contributed by atoms with Crippen LogP contribution >= 0.6 is 0 Å². The normalized spacial score (nSPS) is 18.2. The second-order valence-electron chi connectivity index (χ2n) is 5.12. The van der Waals surface area contributed by atoms with Gasteiger partial charge in [-0.25, -0.2) is 4.90 Å². The molecule has 1 N–H and O–H groups in total. The van der Waals surface area contributed by atoms with Gasteiger partial charge in [-0.05, 0) is 31.9 Å². The van der Waals surface area contributed by atoms with Gasteiger partial charge in [0, 0.05) is 12.0 Å². The first-order valence-corrected chi connectivity index (χ1v) is 6.63. The van der Waals surface area contributed by atoms with Crippen LogP contribution in [-0.2, 0) is 9.59 Å². The quantitative estimate of drug-likeness (QED) is 0.851. The zero-order valence-electron chi connectivity index (χ0n) is 11.6. The summed E-state index contributed by atoms with van der Waals surface area (Å²) in [6.45, 7) is 5.59. The predicted molar refractivity (Wildman–Crippen MR) is 73.0 cm³/mol. The van der Waals surface area contributed by atoms with Crippen LogP contribution in [-0.4, -0.2) is 16.9 Å². The number of phenols is 1. The molecule has 1 aromatic rings. The van der Waals surface area contributed by atoms with E-state index in [9.17, 15) is 14.7 Å². The van der Waals surface area contributed by atoms with Crippen LogP contribution < -0.4 is 4.90 Å². The van der Waals surface area contributed by atoms with E-state index in [0.29, 0.717) is 24.1 Å². The lowest BCUT2D eigenvalue weighted by Crippen LogP contribution is -2.35. The molecule has 2 amide bonds. The molecule has 0 bridgehead atoms. The minimum Gasteiger partial charge on any atom is -0.508 e. The maximum Gasteiger partial charge on any atom is 0.240 e. The second kappa shape index (κ2) is 4.68. The fourth-order valence-electron chi connectivity index (χ4n) is 2.69. The maximum atomic E-state index is 12.6. The molecular formula is C15H19NO3. The average molecular weight is 261 g/mol. The lowest BCUT2D eigenvalue weighted by molar-refractivity contribution is -0.126. The van der Waals surface area contributed by atoms with Crippen molar-refractivity contribution in [1.82, 2.24) is 0 Å². The summed E-state index contributed by atoms with van der Waals surface area (Å²) in [6.07, 6.45) is 1.57. The van der Waals surface area contributed by atoms with Crippen LogP contribution in [0.1, 0.15) is 38.7 Å². The van der Waals surface area contributed by atoms with Gasteiger partial charge < -0.3 is 5.11 Å². The number of benzene rings is 1. The number of carbonyl (C=O) groups excluding carboxylic acids is 2. The lowest BCUT2D eigenvalue weighted by atomic mass is 9.81. The van der Waals surface area contributed by atoms with E-state index < -0.39 is 5.41 Å². The third-order valence-corrected chi connectivity index (χ3v) is 4.27. The summed E-state index contributed by atoms with van der Waals surface area (Å²) in [5, 5.41) is 9.73. The summed E-state index contributed by atoms with van der Waals surface area (Å²) in [5.41, 5.74) is 0.487. The molecule has 0 unspecified atom stereocenters. The van der Waals surface area contributed by atoms with E-state index >= 15 is 0 Å². The van der Waals surface area contributed by atoms with Crippen LogP contribution in [0.15, 0.2) is 18.2 Å². The molecule has 1 saturated heterocycles. The third kappa shape index (κ3) is 1.91. The molecule has 0 radical (unpaired) electrons. The van der Waals surface area contributed by atoms with Crippen molar-refractivity contribution in [2.45, 2.75) is 40.0 Å². The van der Waals surface area contributed by atoms with E-state index in [2.05, 4.69) is 0 Å². The minimum absolute atomic E-state index is 0.101. The molecule has 1 aliphatic rings. The summed E-state index contributed by atoms with van der Waals surface area (Å²) in [5.74, 6) is -0.220. The highest BCUT2D eigenvalue weighted by Gasteiger charge is 2.49. The van der Waals surface area contributed by atoms with Gasteiger partial charge in [0.1, 0.15) is 5.75 Å². The number of nitrogens with zero attached hydrogens (tertiary/aromatic N) is 1. The molecule has 0 aromatic heterocycles. The van der Waals surface area contributed by atoms with E-state index in [1.807, 2.05) is 13.8 Å². The largest absolute Gasteiger partial charge is 0.508 e. The van der Waals surface area contributed by atoms with Gasteiger partial charge in [-0.1, -0.05) is 19.9 Å². The highest BCUT2D eigenvalue weighted by Crippen LogP contribution is 2.42. The Morgan fingerprint density at radius 2 is 1.89 bits per heavy atom. The van der Waals surface area contributed by atoms with Crippen LogP contribution in [0.5, 0.6) is 5.75 Å². The summed E-state index contributed by atoms with van der Waals surface area (Å²) in [7, 11) is 0. The van der Waals surface area contributed by atoms with Gasteiger partial charge in [0.15, 0.2) is 0 Å². The summed E-state index contributed by atoms with van der Waals surface area (Å²) >= 11 is 0. The predicted octanol–water partition coefficient (Wildman–Crippen LogP) is 2.77. The minimum atomic E-state index is -0.574. The zero-order chi connectivity index (χ0) is 14.2. The van der Waals surface area contributed by atoms with Crippen molar-refractivity contribution in [2.75, 3.05) is 4.90 Å². The number of anilines is 1. The molecular weight excluding hydrogens is 242 g/mol. The number of rotatable bonds is 3. The van der Waals surface area contributed by atoms with E-state index in [1.54, 1.807) is 25.1 Å². The maximum absolute atomic E-state index is 12.6. The number of hydrogen-bond acceptors (Lipinski definition) is 3. The van der Waals surface area contributed by atoms with Gasteiger partial charge in [-0.3, -0.25) is 9.59 Å². The molecule has 0 spiro atoms. The number of carbonyl (C=O) groups is 2. The molecule has 2 rings (SSSR count). The molecule has 0 saturated carbocycles. The number of hydrogen-bond donors (Lipinski definition) is 1. The van der Waals surface area contributed by atoms with Gasteiger partial charge in [0.05, 0.1) is 11.1 Å². The molecule has 4 heteroatoms. The van der Waals surface area contributed by atoms with Crippen molar-refractivity contribution in [3.63, 3.8) is 0 Å². The third-order valence-electron chi connectivity index (χ3n) is 4.27. The Morgan fingerprint density at radius 3 is 2.42 bits per heavy atom. The SMILES string of the molecule is CCC1(CC)CC(=O)N(c2cccc(O)c2C)C1=O. The first-order valence-electron chi connectivity index (χ1n) is 6.63. The van der Waals surface area contributed by atoms with Gasteiger partial charge in [-0.2, -0.15) is 0 Å². The highest BCUT2D eigenvalue weighted by molar-refractivity contribution is 6.23. The Kier molecular flexibility index (Phi) is 3.35. The Balaban J connectivity index is 2.49. The lowest BCUT2D eigenvalue weighted by Gasteiger charge is -2.24. The topological polar surface area (TPSA) is 57.6 Å². The molecule has 1 fully saturated rings. The zero-order valence-corrected chi connectivity index (χ0v) is 11.6. The van der Waals surface area contributed by atoms with E-state index in [1.165, 1.54) is 4.90 Å². The molecule has 0 aliphatic carbocycles. The molecule has 1 aliphatic heterocycles. The first-order chi connectivity index (χ1) is 8.96. The Labute approximate surface area is 113 Å². The fraction of sp³-hybridized carbons (Fsp3) is 0.467. The standard InChI is InChI=1S/C15H19NO3/c1-4-15(5-2)9-13(18)16(14(15)19)11-7-6-8-12(17)10(11)3/h6-8,17H,4-5,9H2,1-3H3. The monoisotopic (exact) mass is 261 g/mol. The summed E-state index contributed by atoms with van der Waals surface area (Å²) in [6, 6.07) is 4.90. The molecule has 19 heavy (non-hydrogen) atoms. The first kappa shape index (κ1) is 13.6. The van der Waals surface area contributed by atoms with Crippen molar-refractivity contribution >= 4 is 17.5 Å². The van der Waals surface area contributed by atoms with E-state index in [4.69, 9.17) is 0 Å². The smallest absolute Gasteiger partial charge is 0.240 e. The molecule has 102 valence electrons. The van der Waals surface area contributed by atoms with Crippen molar-refractivity contribution in [2.24, 2.45) is 5.41 Å². The highest BCUT2D eigenvalue weighted by atomic mass is 16.3. The van der Waals surface area contributed by atoms with Gasteiger partial charge in [0.25, 0.3) is 0 Å². The van der Waals surface area contributed by atoms with Crippen molar-refractivity contribution in [3.8, 4) is 5.75 Å². The summed E-state index contributed by atoms with van der Waals surface area (Å²) in [4.78, 5) is 26.0. The van der Waals surface area contributed by atoms with Gasteiger partial charge in [-0.15, -0.1) is 0 Å². The van der Waals surface area contributed by atoms with Gasteiger partial charge in [0.2, 0.25) is 11.8 Å². The van der Waals surface area contributed by atoms with E-state index in [-0.39, 0.29) is 24.0 Å². The molecule has 1 aromatic carbocycles.